The summed E-state index contributed by atoms with van der Waals surface area (Å²) in [5.74, 6) is -0.254. The van der Waals surface area contributed by atoms with Crippen LogP contribution in [0.25, 0.3) is 0 Å². The predicted octanol–water partition coefficient (Wildman–Crippen LogP) is 0.180. The summed E-state index contributed by atoms with van der Waals surface area (Å²) in [6.45, 7) is 3.10. The van der Waals surface area contributed by atoms with Crippen LogP contribution in [-0.4, -0.2) is 23.9 Å². The molecule has 1 fully saturated rings. The van der Waals surface area contributed by atoms with Crippen molar-refractivity contribution in [3.05, 3.63) is 0 Å². The molecule has 1 atom stereocenters. The average Bonchev–Trinajstić information content (AvgIpc) is 1.94. The maximum absolute atomic E-state index is 11.4. The van der Waals surface area contributed by atoms with Gasteiger partial charge < -0.3 is 10.6 Å². The molecule has 4 heteroatoms. The van der Waals surface area contributed by atoms with Crippen LogP contribution in [0, 0.1) is 0 Å². The summed E-state index contributed by atoms with van der Waals surface area (Å²) in [7, 11) is 0. The minimum atomic E-state index is -0.418. The molecule has 0 bridgehead atoms. The van der Waals surface area contributed by atoms with Crippen molar-refractivity contribution in [3.8, 4) is 0 Å². The van der Waals surface area contributed by atoms with Crippen molar-refractivity contribution in [1.82, 2.24) is 10.6 Å². The maximum Gasteiger partial charge on any atom is 0.242 e. The Morgan fingerprint density at radius 1 is 1.38 bits per heavy atom. The van der Waals surface area contributed by atoms with E-state index >= 15 is 0 Å². The number of hydrogen-bond donors (Lipinski definition) is 2. The SMILES string of the molecule is CC(=O)NC(C)C(=O)NC1CCC1. The summed E-state index contributed by atoms with van der Waals surface area (Å²) >= 11 is 0. The fourth-order valence-corrected chi connectivity index (χ4v) is 1.25. The lowest BCUT2D eigenvalue weighted by molar-refractivity contribution is -0.128. The van der Waals surface area contributed by atoms with Crippen molar-refractivity contribution < 1.29 is 9.59 Å². The first-order chi connectivity index (χ1) is 6.09. The lowest BCUT2D eigenvalue weighted by Crippen LogP contribution is -2.49. The van der Waals surface area contributed by atoms with Crippen LogP contribution < -0.4 is 10.6 Å². The van der Waals surface area contributed by atoms with Gasteiger partial charge in [-0.3, -0.25) is 9.59 Å². The Kier molecular flexibility index (Phi) is 3.28. The molecule has 1 unspecified atom stereocenters. The summed E-state index contributed by atoms with van der Waals surface area (Å²) in [6.07, 6.45) is 3.33. The van der Waals surface area contributed by atoms with Gasteiger partial charge in [0.05, 0.1) is 0 Å². The molecule has 2 N–H and O–H groups in total. The van der Waals surface area contributed by atoms with Crippen LogP contribution in [0.2, 0.25) is 0 Å². The van der Waals surface area contributed by atoms with E-state index in [0.717, 1.165) is 12.8 Å². The van der Waals surface area contributed by atoms with Gasteiger partial charge in [0.1, 0.15) is 6.04 Å². The molecule has 2 amide bonds. The second-order valence-electron chi connectivity index (χ2n) is 3.56. The van der Waals surface area contributed by atoms with E-state index in [1.165, 1.54) is 13.3 Å². The van der Waals surface area contributed by atoms with Gasteiger partial charge in [-0.05, 0) is 26.2 Å². The number of rotatable bonds is 3. The summed E-state index contributed by atoms with van der Waals surface area (Å²) in [5.41, 5.74) is 0. The average molecular weight is 184 g/mol. The van der Waals surface area contributed by atoms with Crippen LogP contribution in [0.15, 0.2) is 0 Å². The van der Waals surface area contributed by atoms with Crippen molar-refractivity contribution in [2.75, 3.05) is 0 Å². The molecule has 1 saturated carbocycles. The molecule has 1 aliphatic carbocycles. The summed E-state index contributed by atoms with van der Waals surface area (Å²) in [6, 6.07) is -0.0817. The Morgan fingerprint density at radius 3 is 2.38 bits per heavy atom. The lowest BCUT2D eigenvalue weighted by Gasteiger charge is -2.27. The highest BCUT2D eigenvalue weighted by Crippen LogP contribution is 2.17. The highest BCUT2D eigenvalue weighted by molar-refractivity contribution is 5.86. The van der Waals surface area contributed by atoms with E-state index in [0.29, 0.717) is 6.04 Å². The van der Waals surface area contributed by atoms with Gasteiger partial charge in [0.25, 0.3) is 0 Å². The molecule has 0 aromatic heterocycles. The number of amides is 2. The van der Waals surface area contributed by atoms with E-state index in [4.69, 9.17) is 0 Å². The Morgan fingerprint density at radius 2 is 2.00 bits per heavy atom. The fraction of sp³-hybridized carbons (Fsp3) is 0.778. The van der Waals surface area contributed by atoms with Crippen molar-refractivity contribution in [1.29, 1.82) is 0 Å². The Hall–Kier alpha value is -1.06. The van der Waals surface area contributed by atoms with Gasteiger partial charge in [0, 0.05) is 13.0 Å². The molecule has 0 saturated heterocycles. The third-order valence-corrected chi connectivity index (χ3v) is 2.26. The third kappa shape index (κ3) is 3.05. The van der Waals surface area contributed by atoms with Crippen molar-refractivity contribution in [3.63, 3.8) is 0 Å². The minimum absolute atomic E-state index is 0.0834. The predicted molar refractivity (Wildman–Crippen MR) is 49.1 cm³/mol. The summed E-state index contributed by atoms with van der Waals surface area (Å²) < 4.78 is 0. The Bertz CT molecular complexity index is 212. The van der Waals surface area contributed by atoms with Gasteiger partial charge in [-0.1, -0.05) is 0 Å². The molecule has 13 heavy (non-hydrogen) atoms. The van der Waals surface area contributed by atoms with Gasteiger partial charge in [-0.25, -0.2) is 0 Å². The topological polar surface area (TPSA) is 58.2 Å². The zero-order valence-electron chi connectivity index (χ0n) is 8.09. The highest BCUT2D eigenvalue weighted by Gasteiger charge is 2.22. The first kappa shape index (κ1) is 10.0. The standard InChI is InChI=1S/C9H16N2O2/c1-6(10-7(2)12)9(13)11-8-4-3-5-8/h6,8H,3-5H2,1-2H3,(H,10,12)(H,11,13). The van der Waals surface area contributed by atoms with Crippen molar-refractivity contribution in [2.45, 2.75) is 45.2 Å². The van der Waals surface area contributed by atoms with Crippen LogP contribution in [0.3, 0.4) is 0 Å². The molecular formula is C9H16N2O2. The first-order valence-electron chi connectivity index (χ1n) is 4.67. The third-order valence-electron chi connectivity index (χ3n) is 2.26. The van der Waals surface area contributed by atoms with Crippen LogP contribution >= 0.6 is 0 Å². The number of nitrogens with one attached hydrogen (secondary N) is 2. The minimum Gasteiger partial charge on any atom is -0.352 e. The highest BCUT2D eigenvalue weighted by atomic mass is 16.2. The van der Waals surface area contributed by atoms with Gasteiger partial charge in [-0.2, -0.15) is 0 Å². The van der Waals surface area contributed by atoms with E-state index < -0.39 is 6.04 Å². The van der Waals surface area contributed by atoms with Crippen LogP contribution in [-0.2, 0) is 9.59 Å². The number of carbonyl (C=O) groups excluding carboxylic acids is 2. The Labute approximate surface area is 78.1 Å². The largest absolute Gasteiger partial charge is 0.352 e. The van der Waals surface area contributed by atoms with Crippen LogP contribution in [0.4, 0.5) is 0 Å². The normalized spacial score (nSPS) is 18.6. The van der Waals surface area contributed by atoms with Crippen molar-refractivity contribution >= 4 is 11.8 Å². The maximum atomic E-state index is 11.4. The van der Waals surface area contributed by atoms with E-state index in [2.05, 4.69) is 10.6 Å². The summed E-state index contributed by atoms with van der Waals surface area (Å²) in [5, 5.41) is 5.41. The van der Waals surface area contributed by atoms with E-state index in [1.54, 1.807) is 6.92 Å². The van der Waals surface area contributed by atoms with E-state index in [-0.39, 0.29) is 11.8 Å². The molecule has 0 radical (unpaired) electrons. The molecule has 0 heterocycles. The van der Waals surface area contributed by atoms with E-state index in [1.807, 2.05) is 0 Å². The zero-order valence-corrected chi connectivity index (χ0v) is 8.09. The number of carbonyl (C=O) groups is 2. The van der Waals surface area contributed by atoms with Crippen LogP contribution in [0.5, 0.6) is 0 Å². The Balaban J connectivity index is 2.24. The van der Waals surface area contributed by atoms with E-state index in [9.17, 15) is 9.59 Å². The molecule has 0 spiro atoms. The smallest absolute Gasteiger partial charge is 0.242 e. The first-order valence-corrected chi connectivity index (χ1v) is 4.67. The molecule has 0 aromatic carbocycles. The monoisotopic (exact) mass is 184 g/mol. The molecule has 0 aliphatic heterocycles. The number of hydrogen-bond acceptors (Lipinski definition) is 2. The van der Waals surface area contributed by atoms with Crippen molar-refractivity contribution in [2.24, 2.45) is 0 Å². The van der Waals surface area contributed by atoms with Crippen LogP contribution in [0.1, 0.15) is 33.1 Å². The quantitative estimate of drug-likeness (QED) is 0.657. The fourth-order valence-electron chi connectivity index (χ4n) is 1.25. The van der Waals surface area contributed by atoms with Gasteiger partial charge in [0.2, 0.25) is 11.8 Å². The van der Waals surface area contributed by atoms with Gasteiger partial charge in [-0.15, -0.1) is 0 Å². The summed E-state index contributed by atoms with van der Waals surface area (Å²) in [4.78, 5) is 22.0. The molecule has 4 nitrogen and oxygen atoms in total. The molecule has 0 aromatic rings. The molecule has 1 aliphatic rings. The second kappa shape index (κ2) is 4.25. The molecule has 1 rings (SSSR count). The molecule has 74 valence electrons. The lowest BCUT2D eigenvalue weighted by atomic mass is 9.93. The zero-order chi connectivity index (χ0) is 9.84. The van der Waals surface area contributed by atoms with Gasteiger partial charge >= 0.3 is 0 Å². The second-order valence-corrected chi connectivity index (χ2v) is 3.56. The molecular weight excluding hydrogens is 168 g/mol. The van der Waals surface area contributed by atoms with Gasteiger partial charge in [0.15, 0.2) is 0 Å².